The molecule has 0 aromatic heterocycles. The first-order valence-electron chi connectivity index (χ1n) is 5.22. The van der Waals surface area contributed by atoms with Crippen molar-refractivity contribution in [2.75, 3.05) is 5.73 Å². The van der Waals surface area contributed by atoms with Crippen LogP contribution < -0.4 is 11.1 Å². The Kier molecular flexibility index (Phi) is 3.52. The van der Waals surface area contributed by atoms with Crippen molar-refractivity contribution in [3.63, 3.8) is 0 Å². The van der Waals surface area contributed by atoms with Gasteiger partial charge in [0.05, 0.1) is 0 Å². The first-order chi connectivity index (χ1) is 7.34. The monoisotopic (exact) mass is 224 g/mol. The largest absolute Gasteiger partial charge is 0.399 e. The van der Waals surface area contributed by atoms with Gasteiger partial charge in [0, 0.05) is 16.8 Å². The van der Waals surface area contributed by atoms with Crippen LogP contribution >= 0.6 is 0 Å². The molecule has 16 heavy (non-hydrogen) atoms. The molecular formula is C12H17FN2O. The van der Waals surface area contributed by atoms with Gasteiger partial charge in [-0.2, -0.15) is 0 Å². The van der Waals surface area contributed by atoms with Gasteiger partial charge in [0.15, 0.2) is 0 Å². The van der Waals surface area contributed by atoms with Crippen LogP contribution in [0.15, 0.2) is 18.2 Å². The Morgan fingerprint density at radius 3 is 2.56 bits per heavy atom. The molecule has 0 atom stereocenters. The maximum atomic E-state index is 13.0. The van der Waals surface area contributed by atoms with E-state index in [2.05, 4.69) is 5.32 Å². The summed E-state index contributed by atoms with van der Waals surface area (Å²) in [5.41, 5.74) is 5.66. The molecule has 0 aliphatic rings. The van der Waals surface area contributed by atoms with Gasteiger partial charge in [-0.3, -0.25) is 4.79 Å². The molecule has 0 spiro atoms. The van der Waals surface area contributed by atoms with E-state index in [1.165, 1.54) is 18.2 Å². The number of halogens is 1. The number of hydrogen-bond donors (Lipinski definition) is 2. The van der Waals surface area contributed by atoms with Crippen LogP contribution in [-0.2, 0) is 0 Å². The van der Waals surface area contributed by atoms with E-state index in [1.54, 1.807) is 0 Å². The summed E-state index contributed by atoms with van der Waals surface area (Å²) < 4.78 is 13.0. The number of amides is 1. The number of carbonyl (C=O) groups is 1. The summed E-state index contributed by atoms with van der Waals surface area (Å²) in [6, 6.07) is 3.82. The molecular weight excluding hydrogens is 207 g/mol. The molecule has 1 aromatic carbocycles. The minimum absolute atomic E-state index is 0.249. The van der Waals surface area contributed by atoms with Gasteiger partial charge < -0.3 is 11.1 Å². The minimum Gasteiger partial charge on any atom is -0.399 e. The smallest absolute Gasteiger partial charge is 0.251 e. The van der Waals surface area contributed by atoms with Gasteiger partial charge in [-0.15, -0.1) is 0 Å². The summed E-state index contributed by atoms with van der Waals surface area (Å²) in [6.45, 7) is 5.79. The molecule has 3 N–H and O–H groups in total. The molecule has 0 saturated carbocycles. The number of carbonyl (C=O) groups excluding carboxylic acids is 1. The molecule has 1 aromatic rings. The van der Waals surface area contributed by atoms with Crippen molar-refractivity contribution in [2.24, 2.45) is 0 Å². The number of hydrogen-bond acceptors (Lipinski definition) is 2. The second kappa shape index (κ2) is 4.51. The summed E-state index contributed by atoms with van der Waals surface area (Å²) in [5, 5.41) is 2.82. The topological polar surface area (TPSA) is 55.1 Å². The normalized spacial score (nSPS) is 11.2. The lowest BCUT2D eigenvalue weighted by molar-refractivity contribution is 0.0911. The Bertz CT molecular complexity index is 382. The standard InChI is InChI=1S/C12H17FN2O/c1-4-12(2,3)15-11(16)8-5-9(13)7-10(14)6-8/h5-7H,4,14H2,1-3H3,(H,15,16). The van der Waals surface area contributed by atoms with Crippen LogP contribution in [0, 0.1) is 5.82 Å². The van der Waals surface area contributed by atoms with E-state index in [-0.39, 0.29) is 22.7 Å². The van der Waals surface area contributed by atoms with Crippen LogP contribution in [-0.4, -0.2) is 11.4 Å². The van der Waals surface area contributed by atoms with Gasteiger partial charge in [-0.25, -0.2) is 4.39 Å². The van der Waals surface area contributed by atoms with E-state index in [1.807, 2.05) is 20.8 Å². The summed E-state index contributed by atoms with van der Waals surface area (Å²) in [7, 11) is 0. The van der Waals surface area contributed by atoms with E-state index in [9.17, 15) is 9.18 Å². The fraction of sp³-hybridized carbons (Fsp3) is 0.417. The van der Waals surface area contributed by atoms with E-state index >= 15 is 0 Å². The van der Waals surface area contributed by atoms with E-state index in [0.29, 0.717) is 0 Å². The lowest BCUT2D eigenvalue weighted by Gasteiger charge is -2.24. The van der Waals surface area contributed by atoms with Crippen molar-refractivity contribution in [3.05, 3.63) is 29.6 Å². The number of nitrogens with one attached hydrogen (secondary N) is 1. The van der Waals surface area contributed by atoms with Gasteiger partial charge in [-0.05, 0) is 38.5 Å². The van der Waals surface area contributed by atoms with Crippen molar-refractivity contribution in [1.29, 1.82) is 0 Å². The van der Waals surface area contributed by atoms with Gasteiger partial charge in [0.25, 0.3) is 5.91 Å². The van der Waals surface area contributed by atoms with E-state index in [0.717, 1.165) is 6.42 Å². The predicted molar refractivity (Wildman–Crippen MR) is 62.6 cm³/mol. The van der Waals surface area contributed by atoms with Crippen molar-refractivity contribution in [3.8, 4) is 0 Å². The van der Waals surface area contributed by atoms with Crippen molar-refractivity contribution in [1.82, 2.24) is 5.32 Å². The Morgan fingerprint density at radius 2 is 2.06 bits per heavy atom. The summed E-state index contributed by atoms with van der Waals surface area (Å²) in [6.07, 6.45) is 0.795. The molecule has 1 amide bonds. The highest BCUT2D eigenvalue weighted by molar-refractivity contribution is 5.95. The van der Waals surface area contributed by atoms with Gasteiger partial charge in [0.2, 0.25) is 0 Å². The quantitative estimate of drug-likeness (QED) is 0.774. The Hall–Kier alpha value is -1.58. The molecule has 4 heteroatoms. The second-order valence-corrected chi connectivity index (χ2v) is 4.46. The van der Waals surface area contributed by atoms with Crippen LogP contribution in [0.4, 0.5) is 10.1 Å². The number of anilines is 1. The highest BCUT2D eigenvalue weighted by atomic mass is 19.1. The second-order valence-electron chi connectivity index (χ2n) is 4.46. The zero-order valence-electron chi connectivity index (χ0n) is 9.80. The number of rotatable bonds is 3. The maximum Gasteiger partial charge on any atom is 0.251 e. The van der Waals surface area contributed by atoms with E-state index in [4.69, 9.17) is 5.73 Å². The molecule has 0 aliphatic carbocycles. The van der Waals surface area contributed by atoms with Gasteiger partial charge in [0.1, 0.15) is 5.82 Å². The minimum atomic E-state index is -0.501. The van der Waals surface area contributed by atoms with Crippen LogP contribution in [0.1, 0.15) is 37.6 Å². The average Bonchev–Trinajstić information content (AvgIpc) is 2.15. The van der Waals surface area contributed by atoms with Gasteiger partial charge >= 0.3 is 0 Å². The lowest BCUT2D eigenvalue weighted by Crippen LogP contribution is -2.42. The molecule has 0 heterocycles. The zero-order chi connectivity index (χ0) is 12.3. The SMILES string of the molecule is CCC(C)(C)NC(=O)c1cc(N)cc(F)c1. The molecule has 0 radical (unpaired) electrons. The van der Waals surface area contributed by atoms with Crippen LogP contribution in [0.5, 0.6) is 0 Å². The summed E-state index contributed by atoms with van der Waals surface area (Å²) in [4.78, 5) is 11.8. The van der Waals surface area contributed by atoms with Crippen molar-refractivity contribution < 1.29 is 9.18 Å². The third-order valence-electron chi connectivity index (χ3n) is 2.52. The lowest BCUT2D eigenvalue weighted by atomic mass is 10.0. The first-order valence-corrected chi connectivity index (χ1v) is 5.22. The zero-order valence-corrected chi connectivity index (χ0v) is 9.80. The molecule has 0 bridgehead atoms. The van der Waals surface area contributed by atoms with Crippen molar-refractivity contribution >= 4 is 11.6 Å². The number of nitrogens with two attached hydrogens (primary N) is 1. The van der Waals surface area contributed by atoms with Gasteiger partial charge in [-0.1, -0.05) is 6.92 Å². The van der Waals surface area contributed by atoms with Crippen molar-refractivity contribution in [2.45, 2.75) is 32.7 Å². The number of benzene rings is 1. The third kappa shape index (κ3) is 3.22. The maximum absolute atomic E-state index is 13.0. The molecule has 0 fully saturated rings. The Morgan fingerprint density at radius 1 is 1.44 bits per heavy atom. The average molecular weight is 224 g/mol. The Labute approximate surface area is 94.8 Å². The predicted octanol–water partition coefficient (Wildman–Crippen LogP) is 2.33. The number of nitrogen functional groups attached to an aromatic ring is 1. The third-order valence-corrected chi connectivity index (χ3v) is 2.52. The molecule has 0 saturated heterocycles. The van der Waals surface area contributed by atoms with E-state index < -0.39 is 5.82 Å². The molecule has 88 valence electrons. The van der Waals surface area contributed by atoms with Crippen LogP contribution in [0.3, 0.4) is 0 Å². The molecule has 0 aliphatic heterocycles. The van der Waals surface area contributed by atoms with Crippen LogP contribution in [0.2, 0.25) is 0 Å². The van der Waals surface area contributed by atoms with Crippen LogP contribution in [0.25, 0.3) is 0 Å². The Balaban J connectivity index is 2.89. The molecule has 1 rings (SSSR count). The summed E-state index contributed by atoms with van der Waals surface area (Å²) >= 11 is 0. The summed E-state index contributed by atoms with van der Waals surface area (Å²) in [5.74, 6) is -0.808. The first kappa shape index (κ1) is 12.5. The highest BCUT2D eigenvalue weighted by Gasteiger charge is 2.19. The fourth-order valence-electron chi connectivity index (χ4n) is 1.21. The molecule has 0 unspecified atom stereocenters. The highest BCUT2D eigenvalue weighted by Crippen LogP contribution is 2.13. The fourth-order valence-corrected chi connectivity index (χ4v) is 1.21. The molecule has 3 nitrogen and oxygen atoms in total.